The molecule has 54 valence electrons. The molecule has 4 nitrogen and oxygen atoms in total. The summed E-state index contributed by atoms with van der Waals surface area (Å²) in [4.78, 5) is 20.9. The Kier molecular flexibility index (Phi) is 1.18. The van der Waals surface area contributed by atoms with Crippen LogP contribution in [0.25, 0.3) is 11.0 Å². The third-order valence-corrected chi connectivity index (χ3v) is 1.42. The average Bonchev–Trinajstić information content (AvgIpc) is 2.50. The summed E-state index contributed by atoms with van der Waals surface area (Å²) >= 11 is 0. The summed E-state index contributed by atoms with van der Waals surface area (Å²) in [6.45, 7) is 0. The molecule has 0 unspecified atom stereocenters. The number of hydrogen-bond acceptors (Lipinski definition) is 3. The summed E-state index contributed by atoms with van der Waals surface area (Å²) in [7, 11) is 0. The molecular formula is C7H5N3O. The van der Waals surface area contributed by atoms with Crippen LogP contribution < -0.4 is 0 Å². The minimum atomic E-state index is 0.220. The van der Waals surface area contributed by atoms with Gasteiger partial charge in [-0.05, 0) is 6.07 Å². The maximum Gasteiger partial charge on any atom is 0.193 e. The van der Waals surface area contributed by atoms with E-state index < -0.39 is 0 Å². The van der Waals surface area contributed by atoms with Crippen molar-refractivity contribution in [1.82, 2.24) is 15.0 Å². The number of carbonyl (C=O) groups excluding carboxylic acids is 1. The highest BCUT2D eigenvalue weighted by Crippen LogP contribution is 2.05. The monoisotopic (exact) mass is 147 g/mol. The summed E-state index contributed by atoms with van der Waals surface area (Å²) in [5.41, 5.74) is 1.61. The van der Waals surface area contributed by atoms with Crippen molar-refractivity contribution in [2.45, 2.75) is 0 Å². The Labute approximate surface area is 62.3 Å². The van der Waals surface area contributed by atoms with Crippen LogP contribution in [0.4, 0.5) is 0 Å². The number of aromatic amines is 1. The zero-order valence-corrected chi connectivity index (χ0v) is 5.61. The highest BCUT2D eigenvalue weighted by molar-refractivity contribution is 5.78. The Balaban J connectivity index is 2.76. The van der Waals surface area contributed by atoms with Crippen LogP contribution in [0.3, 0.4) is 0 Å². The number of nitrogens with zero attached hydrogens (tertiary/aromatic N) is 2. The fraction of sp³-hybridized carbons (Fsp3) is 0. The lowest BCUT2D eigenvalue weighted by Crippen LogP contribution is -1.90. The predicted molar refractivity (Wildman–Crippen MR) is 39.3 cm³/mol. The van der Waals surface area contributed by atoms with E-state index >= 15 is 0 Å². The first-order valence-corrected chi connectivity index (χ1v) is 3.15. The molecule has 0 radical (unpaired) electrons. The lowest BCUT2D eigenvalue weighted by molar-refractivity contribution is 0.111. The Bertz CT molecular complexity index is 393. The highest BCUT2D eigenvalue weighted by Gasteiger charge is 1.97. The normalized spacial score (nSPS) is 10.2. The zero-order valence-electron chi connectivity index (χ0n) is 5.61. The van der Waals surface area contributed by atoms with Gasteiger partial charge in [0.25, 0.3) is 0 Å². The van der Waals surface area contributed by atoms with Crippen molar-refractivity contribution in [3.63, 3.8) is 0 Å². The van der Waals surface area contributed by atoms with Gasteiger partial charge >= 0.3 is 0 Å². The summed E-state index contributed by atoms with van der Waals surface area (Å²) in [5, 5.41) is 0. The molecule has 0 saturated carbocycles. The quantitative estimate of drug-likeness (QED) is 0.606. The van der Waals surface area contributed by atoms with Crippen molar-refractivity contribution in [2.24, 2.45) is 0 Å². The summed E-state index contributed by atoms with van der Waals surface area (Å²) in [6, 6.07) is 1.80. The number of hydrogen-bond donors (Lipinski definition) is 1. The number of aromatic nitrogens is 3. The van der Waals surface area contributed by atoms with Gasteiger partial charge in [-0.3, -0.25) is 4.79 Å². The van der Waals surface area contributed by atoms with Crippen LogP contribution in [0, 0.1) is 0 Å². The molecule has 0 aromatic carbocycles. The number of H-pyrrole nitrogens is 1. The van der Waals surface area contributed by atoms with Gasteiger partial charge in [0.2, 0.25) is 0 Å². The second-order valence-electron chi connectivity index (χ2n) is 2.12. The third-order valence-electron chi connectivity index (χ3n) is 1.42. The van der Waals surface area contributed by atoms with Crippen LogP contribution in [0.2, 0.25) is 0 Å². The molecule has 2 rings (SSSR count). The molecule has 0 aliphatic heterocycles. The molecule has 0 amide bonds. The molecule has 2 aromatic rings. The van der Waals surface area contributed by atoms with Crippen molar-refractivity contribution in [3.05, 3.63) is 24.3 Å². The molecule has 0 atom stereocenters. The van der Waals surface area contributed by atoms with Crippen molar-refractivity contribution < 1.29 is 4.79 Å². The fourth-order valence-electron chi connectivity index (χ4n) is 0.915. The van der Waals surface area contributed by atoms with Gasteiger partial charge in [-0.25, -0.2) is 9.97 Å². The molecule has 0 saturated heterocycles. The third kappa shape index (κ3) is 0.881. The summed E-state index contributed by atoms with van der Waals surface area (Å²) in [5.74, 6) is 0.220. The van der Waals surface area contributed by atoms with Crippen molar-refractivity contribution in [2.75, 3.05) is 0 Å². The summed E-state index contributed by atoms with van der Waals surface area (Å²) in [6.07, 6.45) is 3.98. The Morgan fingerprint density at radius 2 is 2.45 bits per heavy atom. The smallest absolute Gasteiger partial charge is 0.193 e. The lowest BCUT2D eigenvalue weighted by atomic mass is 10.4. The largest absolute Gasteiger partial charge is 0.359 e. The van der Waals surface area contributed by atoms with E-state index in [1.807, 2.05) is 0 Å². The molecule has 0 fully saturated rings. The summed E-state index contributed by atoms with van der Waals surface area (Å²) < 4.78 is 0. The number of rotatable bonds is 1. The average molecular weight is 147 g/mol. The van der Waals surface area contributed by atoms with Gasteiger partial charge in [-0.15, -0.1) is 0 Å². The topological polar surface area (TPSA) is 58.6 Å². The van der Waals surface area contributed by atoms with Gasteiger partial charge in [0.15, 0.2) is 12.1 Å². The van der Waals surface area contributed by atoms with E-state index in [0.717, 1.165) is 11.0 Å². The molecular weight excluding hydrogens is 142 g/mol. The number of carbonyl (C=O) groups is 1. The van der Waals surface area contributed by atoms with Crippen molar-refractivity contribution in [1.29, 1.82) is 0 Å². The van der Waals surface area contributed by atoms with Crippen molar-refractivity contribution >= 4 is 17.3 Å². The van der Waals surface area contributed by atoms with Gasteiger partial charge in [0.1, 0.15) is 0 Å². The van der Waals surface area contributed by atoms with E-state index in [9.17, 15) is 4.79 Å². The second kappa shape index (κ2) is 2.16. The standard InChI is InChI=1S/C7H5N3O/c11-4-7-9-3-6-5(10-7)1-2-8-6/h1-4,8H. The minimum Gasteiger partial charge on any atom is -0.359 e. The van der Waals surface area contributed by atoms with Crippen LogP contribution in [0.5, 0.6) is 0 Å². The molecule has 0 aliphatic rings. The van der Waals surface area contributed by atoms with Crippen molar-refractivity contribution in [3.8, 4) is 0 Å². The lowest BCUT2D eigenvalue weighted by Gasteiger charge is -1.88. The zero-order chi connectivity index (χ0) is 7.68. The number of fused-ring (bicyclic) bond motifs is 1. The molecule has 0 aliphatic carbocycles. The van der Waals surface area contributed by atoms with Crippen LogP contribution in [-0.2, 0) is 0 Å². The predicted octanol–water partition coefficient (Wildman–Crippen LogP) is 0.770. The second-order valence-corrected chi connectivity index (χ2v) is 2.12. The van der Waals surface area contributed by atoms with E-state index in [-0.39, 0.29) is 5.82 Å². The molecule has 2 heterocycles. The SMILES string of the molecule is O=Cc1ncc2[nH]ccc2n1. The van der Waals surface area contributed by atoms with E-state index in [2.05, 4.69) is 15.0 Å². The molecule has 1 N–H and O–H groups in total. The van der Waals surface area contributed by atoms with Gasteiger partial charge in [-0.1, -0.05) is 0 Å². The first kappa shape index (κ1) is 6.03. The van der Waals surface area contributed by atoms with E-state index in [1.165, 1.54) is 0 Å². The fourth-order valence-corrected chi connectivity index (χ4v) is 0.915. The van der Waals surface area contributed by atoms with Crippen LogP contribution >= 0.6 is 0 Å². The minimum absolute atomic E-state index is 0.220. The highest BCUT2D eigenvalue weighted by atomic mass is 16.1. The maximum atomic E-state index is 10.2. The molecule has 2 aromatic heterocycles. The van der Waals surface area contributed by atoms with E-state index in [0.29, 0.717) is 6.29 Å². The van der Waals surface area contributed by atoms with Gasteiger partial charge in [-0.2, -0.15) is 0 Å². The number of aldehydes is 1. The number of nitrogens with one attached hydrogen (secondary N) is 1. The Hall–Kier alpha value is -1.71. The Morgan fingerprint density at radius 3 is 3.27 bits per heavy atom. The van der Waals surface area contributed by atoms with Crippen LogP contribution in [0.15, 0.2) is 18.5 Å². The molecule has 0 bridgehead atoms. The Morgan fingerprint density at radius 1 is 1.55 bits per heavy atom. The van der Waals surface area contributed by atoms with Gasteiger partial charge in [0, 0.05) is 6.20 Å². The first-order chi connectivity index (χ1) is 5.40. The maximum absolute atomic E-state index is 10.2. The van der Waals surface area contributed by atoms with Crippen LogP contribution in [-0.4, -0.2) is 21.2 Å². The first-order valence-electron chi connectivity index (χ1n) is 3.15. The molecule has 4 heteroatoms. The van der Waals surface area contributed by atoms with E-state index in [4.69, 9.17) is 0 Å². The van der Waals surface area contributed by atoms with Gasteiger partial charge < -0.3 is 4.98 Å². The van der Waals surface area contributed by atoms with E-state index in [1.54, 1.807) is 18.5 Å². The molecule has 11 heavy (non-hydrogen) atoms. The molecule has 0 spiro atoms. The van der Waals surface area contributed by atoms with Gasteiger partial charge in [0.05, 0.1) is 17.2 Å². The van der Waals surface area contributed by atoms with Crippen LogP contribution in [0.1, 0.15) is 10.6 Å².